The van der Waals surface area contributed by atoms with Gasteiger partial charge in [-0.3, -0.25) is 0 Å². The minimum Gasteiger partial charge on any atom is -0.508 e. The lowest BCUT2D eigenvalue weighted by atomic mass is 9.80. The van der Waals surface area contributed by atoms with Crippen molar-refractivity contribution in [3.8, 4) is 17.2 Å². The number of benzene rings is 2. The molecule has 3 rings (SSSR count). The van der Waals surface area contributed by atoms with Crippen LogP contribution in [-0.2, 0) is 19.1 Å². The standard InChI is InChI=1S/C27H29NO7/c1-16-23(26(30)34-5)25(19-10-13-21(32-3)22(15-19)33-4)24(17(2)28-16)27(31)35-14-6-7-18-8-11-20(29)12-9-18/h6-13,15,25,28-29H,14H2,1-5H3/b7-6+. The molecule has 1 aliphatic heterocycles. The summed E-state index contributed by atoms with van der Waals surface area (Å²) in [5.41, 5.74) is 3.25. The molecule has 1 atom stereocenters. The molecule has 184 valence electrons. The second kappa shape index (κ2) is 11.3. The van der Waals surface area contributed by atoms with Gasteiger partial charge in [0.2, 0.25) is 0 Å². The van der Waals surface area contributed by atoms with E-state index in [9.17, 15) is 14.7 Å². The third kappa shape index (κ3) is 5.66. The fraction of sp³-hybridized carbons (Fsp3) is 0.259. The lowest BCUT2D eigenvalue weighted by Crippen LogP contribution is -2.32. The van der Waals surface area contributed by atoms with Crippen molar-refractivity contribution < 1.29 is 33.6 Å². The van der Waals surface area contributed by atoms with Crippen LogP contribution in [0.25, 0.3) is 6.08 Å². The minimum atomic E-state index is -0.739. The lowest BCUT2D eigenvalue weighted by Gasteiger charge is -2.30. The van der Waals surface area contributed by atoms with Crippen LogP contribution in [0.1, 0.15) is 30.9 Å². The first kappa shape index (κ1) is 25.4. The molecular formula is C27H29NO7. The number of esters is 2. The number of allylic oxidation sites excluding steroid dienone is 2. The van der Waals surface area contributed by atoms with Gasteiger partial charge in [-0.1, -0.05) is 24.3 Å². The van der Waals surface area contributed by atoms with Gasteiger partial charge in [0.1, 0.15) is 12.4 Å². The first-order valence-corrected chi connectivity index (χ1v) is 10.9. The van der Waals surface area contributed by atoms with Crippen LogP contribution in [0.4, 0.5) is 0 Å². The van der Waals surface area contributed by atoms with Gasteiger partial charge in [-0.2, -0.15) is 0 Å². The molecule has 0 saturated carbocycles. The van der Waals surface area contributed by atoms with Crippen molar-refractivity contribution in [2.45, 2.75) is 19.8 Å². The number of carbonyl (C=O) groups is 2. The van der Waals surface area contributed by atoms with Crippen LogP contribution in [0, 0.1) is 0 Å². The maximum atomic E-state index is 13.3. The second-order valence-electron chi connectivity index (χ2n) is 7.83. The Morgan fingerprint density at radius 1 is 0.914 bits per heavy atom. The predicted molar refractivity (Wildman–Crippen MR) is 131 cm³/mol. The average molecular weight is 480 g/mol. The number of hydrogen-bond donors (Lipinski definition) is 2. The summed E-state index contributed by atoms with van der Waals surface area (Å²) in [6.45, 7) is 3.53. The number of ether oxygens (including phenoxy) is 4. The Kier molecular flexibility index (Phi) is 8.20. The van der Waals surface area contributed by atoms with Gasteiger partial charge in [-0.25, -0.2) is 9.59 Å². The Labute approximate surface area is 204 Å². The highest BCUT2D eigenvalue weighted by Gasteiger charge is 2.38. The van der Waals surface area contributed by atoms with Crippen molar-refractivity contribution in [2.75, 3.05) is 27.9 Å². The van der Waals surface area contributed by atoms with Crippen molar-refractivity contribution in [1.82, 2.24) is 5.32 Å². The van der Waals surface area contributed by atoms with E-state index in [0.29, 0.717) is 39.6 Å². The summed E-state index contributed by atoms with van der Waals surface area (Å²) >= 11 is 0. The summed E-state index contributed by atoms with van der Waals surface area (Å²) in [6.07, 6.45) is 3.48. The van der Waals surface area contributed by atoms with Crippen LogP contribution >= 0.6 is 0 Å². The van der Waals surface area contributed by atoms with Crippen molar-refractivity contribution in [3.63, 3.8) is 0 Å². The highest BCUT2D eigenvalue weighted by atomic mass is 16.5. The zero-order valence-corrected chi connectivity index (χ0v) is 20.4. The van der Waals surface area contributed by atoms with Crippen LogP contribution in [0.3, 0.4) is 0 Å². The zero-order valence-electron chi connectivity index (χ0n) is 20.4. The molecule has 8 heteroatoms. The normalized spacial score (nSPS) is 15.6. The first-order valence-electron chi connectivity index (χ1n) is 10.9. The summed E-state index contributed by atoms with van der Waals surface area (Å²) in [4.78, 5) is 26.0. The zero-order chi connectivity index (χ0) is 25.5. The molecule has 2 aromatic rings. The van der Waals surface area contributed by atoms with Crippen LogP contribution in [0.5, 0.6) is 17.2 Å². The quantitative estimate of drug-likeness (QED) is 0.546. The SMILES string of the molecule is COC(=O)C1=C(C)NC(C)=C(C(=O)OC/C=C/c2ccc(O)cc2)C1c1ccc(OC)c(OC)c1. The van der Waals surface area contributed by atoms with Crippen LogP contribution < -0.4 is 14.8 Å². The number of rotatable bonds is 8. The molecule has 0 fully saturated rings. The number of carbonyl (C=O) groups excluding carboxylic acids is 2. The van der Waals surface area contributed by atoms with Gasteiger partial charge in [0.05, 0.1) is 38.4 Å². The van der Waals surface area contributed by atoms with Crippen LogP contribution in [0.15, 0.2) is 71.1 Å². The number of aromatic hydroxyl groups is 1. The molecule has 0 bridgehead atoms. The summed E-state index contributed by atoms with van der Waals surface area (Å²) in [6, 6.07) is 11.9. The molecule has 2 N–H and O–H groups in total. The number of hydrogen-bond acceptors (Lipinski definition) is 8. The van der Waals surface area contributed by atoms with Gasteiger partial charge in [0.25, 0.3) is 0 Å². The van der Waals surface area contributed by atoms with E-state index in [4.69, 9.17) is 18.9 Å². The number of dihydropyridines is 1. The molecule has 35 heavy (non-hydrogen) atoms. The molecule has 0 aliphatic carbocycles. The molecule has 1 heterocycles. The molecule has 1 aliphatic rings. The van der Waals surface area contributed by atoms with Gasteiger partial charge in [0.15, 0.2) is 11.5 Å². The lowest BCUT2D eigenvalue weighted by molar-refractivity contribution is -0.138. The Hall–Kier alpha value is -4.20. The van der Waals surface area contributed by atoms with E-state index in [2.05, 4.69) is 5.32 Å². The molecule has 0 aromatic heterocycles. The third-order valence-corrected chi connectivity index (χ3v) is 5.64. The van der Waals surface area contributed by atoms with E-state index in [1.165, 1.54) is 21.3 Å². The van der Waals surface area contributed by atoms with Gasteiger partial charge in [-0.15, -0.1) is 0 Å². The molecule has 8 nitrogen and oxygen atoms in total. The van der Waals surface area contributed by atoms with Crippen LogP contribution in [0.2, 0.25) is 0 Å². The van der Waals surface area contributed by atoms with Crippen molar-refractivity contribution >= 4 is 18.0 Å². The van der Waals surface area contributed by atoms with Gasteiger partial charge < -0.3 is 29.4 Å². The largest absolute Gasteiger partial charge is 0.508 e. The Bertz CT molecular complexity index is 1190. The number of phenolic OH excluding ortho intramolecular Hbond substituents is 1. The number of nitrogens with one attached hydrogen (secondary N) is 1. The molecule has 0 amide bonds. The Morgan fingerprint density at radius 3 is 2.14 bits per heavy atom. The highest BCUT2D eigenvalue weighted by molar-refractivity contribution is 6.00. The first-order chi connectivity index (χ1) is 16.8. The van der Waals surface area contributed by atoms with E-state index >= 15 is 0 Å². The molecule has 0 radical (unpaired) electrons. The monoisotopic (exact) mass is 479 g/mol. The van der Waals surface area contributed by atoms with Gasteiger partial charge >= 0.3 is 11.9 Å². The fourth-order valence-corrected chi connectivity index (χ4v) is 3.98. The summed E-state index contributed by atoms with van der Waals surface area (Å²) in [7, 11) is 4.35. The second-order valence-corrected chi connectivity index (χ2v) is 7.83. The Morgan fingerprint density at radius 2 is 1.54 bits per heavy atom. The van der Waals surface area contributed by atoms with E-state index < -0.39 is 17.9 Å². The van der Waals surface area contributed by atoms with E-state index in [-0.39, 0.29) is 12.4 Å². The molecule has 1 unspecified atom stereocenters. The maximum Gasteiger partial charge on any atom is 0.337 e. The van der Waals surface area contributed by atoms with Crippen molar-refractivity contribution in [1.29, 1.82) is 0 Å². The molecular weight excluding hydrogens is 450 g/mol. The summed E-state index contributed by atoms with van der Waals surface area (Å²) in [5, 5.41) is 12.5. The van der Waals surface area contributed by atoms with E-state index in [0.717, 1.165) is 5.56 Å². The molecule has 0 spiro atoms. The minimum absolute atomic E-state index is 0.0192. The smallest absolute Gasteiger partial charge is 0.337 e. The van der Waals surface area contributed by atoms with E-state index in [1.807, 2.05) is 0 Å². The summed E-state index contributed by atoms with van der Waals surface area (Å²) in [5.74, 6) is -0.704. The fourth-order valence-electron chi connectivity index (χ4n) is 3.98. The number of phenols is 1. The third-order valence-electron chi connectivity index (χ3n) is 5.64. The average Bonchev–Trinajstić information content (AvgIpc) is 2.86. The predicted octanol–water partition coefficient (Wildman–Crippen LogP) is 4.07. The van der Waals surface area contributed by atoms with Gasteiger partial charge in [-0.05, 0) is 55.3 Å². The van der Waals surface area contributed by atoms with Crippen molar-refractivity contribution in [2.24, 2.45) is 0 Å². The van der Waals surface area contributed by atoms with E-state index in [1.54, 1.807) is 68.5 Å². The summed E-state index contributed by atoms with van der Waals surface area (Å²) < 4.78 is 21.4. The number of methoxy groups -OCH3 is 3. The van der Waals surface area contributed by atoms with Crippen molar-refractivity contribution in [3.05, 3.63) is 82.2 Å². The highest BCUT2D eigenvalue weighted by Crippen LogP contribution is 2.41. The van der Waals surface area contributed by atoms with Crippen LogP contribution in [-0.4, -0.2) is 45.0 Å². The molecule has 0 saturated heterocycles. The Balaban J connectivity index is 1.94. The molecule has 2 aromatic carbocycles. The maximum absolute atomic E-state index is 13.3. The topological polar surface area (TPSA) is 103 Å². The van der Waals surface area contributed by atoms with Gasteiger partial charge in [0, 0.05) is 11.4 Å².